The maximum atomic E-state index is 11.0. The molecular weight excluding hydrogens is 258 g/mol. The summed E-state index contributed by atoms with van der Waals surface area (Å²) >= 11 is 0. The number of nitro groups is 1. The highest BCUT2D eigenvalue weighted by Crippen LogP contribution is 2.29. The van der Waals surface area contributed by atoms with Crippen LogP contribution in [0.25, 0.3) is 0 Å². The molecule has 0 unspecified atom stereocenters. The number of nitrogens with zero attached hydrogens (tertiary/aromatic N) is 2. The summed E-state index contributed by atoms with van der Waals surface area (Å²) in [5.41, 5.74) is 0.681. The van der Waals surface area contributed by atoms with E-state index in [4.69, 9.17) is 4.74 Å². The Labute approximate surface area is 118 Å². The molecule has 6 nitrogen and oxygen atoms in total. The molecule has 110 valence electrons. The first-order valence-electron chi connectivity index (χ1n) is 6.78. The van der Waals surface area contributed by atoms with Crippen LogP contribution in [0, 0.1) is 10.1 Å². The summed E-state index contributed by atoms with van der Waals surface area (Å²) in [4.78, 5) is 12.9. The van der Waals surface area contributed by atoms with Crippen molar-refractivity contribution in [1.29, 1.82) is 0 Å². The zero-order valence-corrected chi connectivity index (χ0v) is 12.0. The molecule has 1 aromatic carbocycles. The quantitative estimate of drug-likeness (QED) is 0.660. The molecule has 1 aliphatic heterocycles. The van der Waals surface area contributed by atoms with Crippen molar-refractivity contribution < 1.29 is 9.66 Å². The normalized spacial score (nSPS) is 17.9. The van der Waals surface area contributed by atoms with Crippen LogP contribution < -0.4 is 5.32 Å². The van der Waals surface area contributed by atoms with Crippen LogP contribution in [-0.2, 0) is 4.74 Å². The summed E-state index contributed by atoms with van der Waals surface area (Å²) in [7, 11) is 4.10. The van der Waals surface area contributed by atoms with Gasteiger partial charge in [-0.2, -0.15) is 0 Å². The van der Waals surface area contributed by atoms with Crippen LogP contribution in [-0.4, -0.2) is 49.2 Å². The monoisotopic (exact) mass is 279 g/mol. The molecule has 2 rings (SSSR count). The van der Waals surface area contributed by atoms with Crippen molar-refractivity contribution in [3.05, 3.63) is 34.4 Å². The second-order valence-electron chi connectivity index (χ2n) is 5.36. The molecule has 0 aromatic heterocycles. The number of rotatable bonds is 5. The molecule has 0 bridgehead atoms. The van der Waals surface area contributed by atoms with Crippen molar-refractivity contribution in [3.63, 3.8) is 0 Å². The van der Waals surface area contributed by atoms with Gasteiger partial charge in [0.1, 0.15) is 5.69 Å². The first-order valence-corrected chi connectivity index (χ1v) is 6.78. The van der Waals surface area contributed by atoms with E-state index in [1.807, 2.05) is 20.2 Å². The summed E-state index contributed by atoms with van der Waals surface area (Å²) in [6.07, 6.45) is 1.85. The Morgan fingerprint density at radius 1 is 1.35 bits per heavy atom. The van der Waals surface area contributed by atoms with Crippen molar-refractivity contribution in [1.82, 2.24) is 4.90 Å². The van der Waals surface area contributed by atoms with Crippen molar-refractivity contribution in [2.45, 2.75) is 18.4 Å². The molecular formula is C14H21N3O3. The number of ether oxygens (including phenoxy) is 1. The molecule has 0 spiro atoms. The van der Waals surface area contributed by atoms with Gasteiger partial charge in [0.2, 0.25) is 0 Å². The summed E-state index contributed by atoms with van der Waals surface area (Å²) in [5.74, 6) is 0. The van der Waals surface area contributed by atoms with Crippen LogP contribution in [0.2, 0.25) is 0 Å². The van der Waals surface area contributed by atoms with E-state index in [9.17, 15) is 10.1 Å². The Kier molecular flexibility index (Phi) is 4.57. The largest absolute Gasteiger partial charge is 0.381 e. The van der Waals surface area contributed by atoms with Gasteiger partial charge in [-0.3, -0.25) is 10.1 Å². The van der Waals surface area contributed by atoms with Crippen molar-refractivity contribution in [2.75, 3.05) is 39.2 Å². The zero-order chi connectivity index (χ0) is 14.6. The number of anilines is 1. The minimum absolute atomic E-state index is 0.0119. The fraction of sp³-hybridized carbons (Fsp3) is 0.571. The Morgan fingerprint density at radius 2 is 2.00 bits per heavy atom. The van der Waals surface area contributed by atoms with Gasteiger partial charge < -0.3 is 15.0 Å². The molecule has 1 N–H and O–H groups in total. The highest BCUT2D eigenvalue weighted by molar-refractivity contribution is 5.61. The highest BCUT2D eigenvalue weighted by atomic mass is 16.6. The zero-order valence-electron chi connectivity index (χ0n) is 12.0. The van der Waals surface area contributed by atoms with Crippen LogP contribution in [0.4, 0.5) is 11.4 Å². The second kappa shape index (κ2) is 6.19. The Hall–Kier alpha value is -1.66. The van der Waals surface area contributed by atoms with Gasteiger partial charge in [-0.25, -0.2) is 0 Å². The molecule has 1 aliphatic rings. The van der Waals surface area contributed by atoms with Gasteiger partial charge in [-0.1, -0.05) is 12.1 Å². The van der Waals surface area contributed by atoms with Gasteiger partial charge in [0.15, 0.2) is 0 Å². The lowest BCUT2D eigenvalue weighted by molar-refractivity contribution is -0.384. The maximum Gasteiger partial charge on any atom is 0.292 e. The molecule has 1 aromatic rings. The van der Waals surface area contributed by atoms with Gasteiger partial charge in [0.05, 0.1) is 4.92 Å². The minimum atomic E-state index is -0.353. The average molecular weight is 279 g/mol. The first kappa shape index (κ1) is 14.7. The lowest BCUT2D eigenvalue weighted by atomic mass is 9.88. The lowest BCUT2D eigenvalue weighted by Gasteiger charge is -2.43. The summed E-state index contributed by atoms with van der Waals surface area (Å²) < 4.78 is 5.43. The van der Waals surface area contributed by atoms with E-state index >= 15 is 0 Å². The fourth-order valence-corrected chi connectivity index (χ4v) is 2.58. The lowest BCUT2D eigenvalue weighted by Crippen LogP contribution is -2.53. The van der Waals surface area contributed by atoms with Crippen LogP contribution in [0.1, 0.15) is 12.8 Å². The summed E-state index contributed by atoms with van der Waals surface area (Å²) in [6, 6.07) is 6.76. The summed E-state index contributed by atoms with van der Waals surface area (Å²) in [5, 5.41) is 14.3. The number of nitro benzene ring substituents is 1. The molecule has 1 fully saturated rings. The second-order valence-corrected chi connectivity index (χ2v) is 5.36. The van der Waals surface area contributed by atoms with E-state index in [0.717, 1.165) is 26.1 Å². The molecule has 6 heteroatoms. The van der Waals surface area contributed by atoms with E-state index in [0.29, 0.717) is 12.2 Å². The number of nitrogens with one attached hydrogen (secondary N) is 1. The topological polar surface area (TPSA) is 67.6 Å². The van der Waals surface area contributed by atoms with E-state index in [2.05, 4.69) is 10.2 Å². The van der Waals surface area contributed by atoms with E-state index in [1.54, 1.807) is 12.1 Å². The van der Waals surface area contributed by atoms with Crippen molar-refractivity contribution in [3.8, 4) is 0 Å². The van der Waals surface area contributed by atoms with E-state index in [-0.39, 0.29) is 16.1 Å². The van der Waals surface area contributed by atoms with Crippen LogP contribution in [0.5, 0.6) is 0 Å². The van der Waals surface area contributed by atoms with Crippen LogP contribution in [0.3, 0.4) is 0 Å². The Balaban J connectivity index is 2.12. The predicted octanol–water partition coefficient (Wildman–Crippen LogP) is 2.12. The third kappa shape index (κ3) is 3.08. The minimum Gasteiger partial charge on any atom is -0.381 e. The average Bonchev–Trinajstić information content (AvgIpc) is 2.46. The SMILES string of the molecule is CN(C)C1(CNc2ccccc2[N+](=O)[O-])CCOCC1. The Morgan fingerprint density at radius 3 is 2.60 bits per heavy atom. The molecule has 0 atom stereocenters. The number of hydrogen-bond acceptors (Lipinski definition) is 5. The van der Waals surface area contributed by atoms with Crippen LogP contribution >= 0.6 is 0 Å². The van der Waals surface area contributed by atoms with Gasteiger partial charge >= 0.3 is 0 Å². The van der Waals surface area contributed by atoms with Gasteiger partial charge in [0.25, 0.3) is 5.69 Å². The third-order valence-electron chi connectivity index (χ3n) is 4.08. The maximum absolute atomic E-state index is 11.0. The standard InChI is InChI=1S/C14H21N3O3/c1-16(2)14(7-9-20-10-8-14)11-15-12-5-3-4-6-13(12)17(18)19/h3-6,15H,7-11H2,1-2H3. The van der Waals surface area contributed by atoms with E-state index in [1.165, 1.54) is 6.07 Å². The number of benzene rings is 1. The molecule has 1 saturated heterocycles. The number of para-hydroxylation sites is 2. The van der Waals surface area contributed by atoms with Gasteiger partial charge in [-0.15, -0.1) is 0 Å². The first-order chi connectivity index (χ1) is 9.55. The molecule has 0 amide bonds. The molecule has 20 heavy (non-hydrogen) atoms. The van der Waals surface area contributed by atoms with Crippen LogP contribution in [0.15, 0.2) is 24.3 Å². The van der Waals surface area contributed by atoms with E-state index < -0.39 is 0 Å². The van der Waals surface area contributed by atoms with Gasteiger partial charge in [-0.05, 0) is 33.0 Å². The number of likely N-dealkylation sites (N-methyl/N-ethyl adjacent to an activating group) is 1. The summed E-state index contributed by atoms with van der Waals surface area (Å²) in [6.45, 7) is 2.14. The van der Waals surface area contributed by atoms with Crippen molar-refractivity contribution in [2.24, 2.45) is 0 Å². The highest BCUT2D eigenvalue weighted by Gasteiger charge is 2.35. The smallest absolute Gasteiger partial charge is 0.292 e. The fourth-order valence-electron chi connectivity index (χ4n) is 2.58. The van der Waals surface area contributed by atoms with Crippen molar-refractivity contribution >= 4 is 11.4 Å². The molecule has 0 radical (unpaired) electrons. The predicted molar refractivity (Wildman–Crippen MR) is 78.1 cm³/mol. The Bertz CT molecular complexity index is 470. The third-order valence-corrected chi connectivity index (χ3v) is 4.08. The molecule has 1 heterocycles. The van der Waals surface area contributed by atoms with Gasteiger partial charge in [0, 0.05) is 31.4 Å². The molecule has 0 aliphatic carbocycles. The molecule has 0 saturated carbocycles. The number of hydrogen-bond donors (Lipinski definition) is 1.